The molecule has 0 saturated carbocycles. The Balaban J connectivity index is 0.982. The molecule has 0 N–H and O–H groups in total. The van der Waals surface area contributed by atoms with Crippen molar-refractivity contribution < 1.29 is 18.3 Å². The minimum atomic E-state index is -3.25. The summed E-state index contributed by atoms with van der Waals surface area (Å²) in [7, 11) is 0. The van der Waals surface area contributed by atoms with Gasteiger partial charge in [0.2, 0.25) is 0 Å². The second-order valence-corrected chi connectivity index (χ2v) is 25.3. The van der Waals surface area contributed by atoms with Crippen LogP contribution in [0.5, 0.6) is 23.0 Å². The first-order valence-corrected chi connectivity index (χ1v) is 26.9. The maximum atomic E-state index is 7.29. The predicted octanol–water partition coefficient (Wildman–Crippen LogP) is 14.3. The summed E-state index contributed by atoms with van der Waals surface area (Å²) in [5.74, 6) is 3.75. The van der Waals surface area contributed by atoms with Crippen LogP contribution in [-0.2, 0) is 0 Å². The Labute approximate surface area is 375 Å². The van der Waals surface area contributed by atoms with Crippen molar-refractivity contribution in [1.29, 1.82) is 0 Å². The van der Waals surface area contributed by atoms with Crippen molar-refractivity contribution in [3.63, 3.8) is 0 Å². The van der Waals surface area contributed by atoms with Crippen LogP contribution in [0.1, 0.15) is 11.1 Å². The van der Waals surface area contributed by atoms with E-state index in [0.717, 1.165) is 100 Å². The molecule has 5 nitrogen and oxygen atoms in total. The molecule has 0 bridgehead atoms. The molecule has 0 amide bonds. The van der Waals surface area contributed by atoms with Gasteiger partial charge in [-0.15, -0.1) is 0 Å². The number of furan rings is 2. The van der Waals surface area contributed by atoms with Crippen LogP contribution in [0.2, 0.25) is 0 Å². The number of hydrogen-bond donors (Lipinski definition) is 0. The minimum absolute atomic E-state index is 0.877. The predicted molar refractivity (Wildman–Crippen MR) is 262 cm³/mol. The molecule has 0 saturated heterocycles. The fraction of sp³-hybridized carbons (Fsp3) is 0.0345. The van der Waals surface area contributed by atoms with Crippen LogP contribution in [0.4, 0.5) is 17.1 Å². The summed E-state index contributed by atoms with van der Waals surface area (Å²) in [6.07, 6.45) is 0. The van der Waals surface area contributed by atoms with E-state index in [1.54, 1.807) is 0 Å². The van der Waals surface area contributed by atoms with Gasteiger partial charge < -0.3 is 0 Å². The van der Waals surface area contributed by atoms with Gasteiger partial charge in [-0.05, 0) is 0 Å². The molecule has 5 heterocycles. The number of anilines is 3. The molecule has 12 aromatic rings. The van der Waals surface area contributed by atoms with Crippen LogP contribution in [0.3, 0.4) is 0 Å². The summed E-state index contributed by atoms with van der Waals surface area (Å²) in [6, 6.07) is 61.6. The van der Waals surface area contributed by atoms with Crippen molar-refractivity contribution >= 4 is 114 Å². The average Bonchev–Trinajstić information content (AvgIpc) is 3.86. The van der Waals surface area contributed by atoms with Crippen LogP contribution in [0.25, 0.3) is 87.7 Å². The van der Waals surface area contributed by atoms with E-state index in [2.05, 4.69) is 189 Å². The Morgan fingerprint density at radius 3 is 1.36 bits per heavy atom. The zero-order valence-corrected chi connectivity index (χ0v) is 38.2. The molecule has 10 aromatic carbocycles. The Kier molecular flexibility index (Phi) is 6.92. The van der Waals surface area contributed by atoms with E-state index in [9.17, 15) is 0 Å². The molecule has 3 aliphatic heterocycles. The van der Waals surface area contributed by atoms with Gasteiger partial charge in [0.15, 0.2) is 0 Å². The fourth-order valence-corrected chi connectivity index (χ4v) is 21.8. The topological polar surface area (TPSA) is 48.0 Å². The van der Waals surface area contributed by atoms with Gasteiger partial charge in [0.25, 0.3) is 0 Å². The van der Waals surface area contributed by atoms with Crippen molar-refractivity contribution in [3.05, 3.63) is 181 Å². The molecule has 0 unspecified atom stereocenters. The third kappa shape index (κ3) is 4.81. The molecule has 64 heavy (non-hydrogen) atoms. The van der Waals surface area contributed by atoms with Crippen molar-refractivity contribution in [2.24, 2.45) is 0 Å². The number of fused-ring (bicyclic) bond motifs is 8. The van der Waals surface area contributed by atoms with Crippen LogP contribution < -0.4 is 24.2 Å². The molecule has 3 aliphatic rings. The van der Waals surface area contributed by atoms with Crippen molar-refractivity contribution in [3.8, 4) is 45.3 Å². The van der Waals surface area contributed by atoms with Gasteiger partial charge in [-0.2, -0.15) is 0 Å². The zero-order valence-electron chi connectivity index (χ0n) is 34.7. The second-order valence-electron chi connectivity index (χ2n) is 17.5. The summed E-state index contributed by atoms with van der Waals surface area (Å²) in [4.78, 5) is 2.45. The Bertz CT molecular complexity index is 3830. The molecule has 0 spiro atoms. The first kappa shape index (κ1) is 35.1. The summed E-state index contributed by atoms with van der Waals surface area (Å²) in [6.45, 7) is 4.29. The summed E-state index contributed by atoms with van der Waals surface area (Å²) in [5, 5.41) is 9.16. The Morgan fingerprint density at radius 1 is 0.391 bits per heavy atom. The van der Waals surface area contributed by atoms with E-state index >= 15 is 0 Å². The maximum absolute atomic E-state index is 7.29. The number of hydrogen-bond acceptors (Lipinski definition) is 5. The van der Waals surface area contributed by atoms with E-state index in [1.807, 2.05) is 0 Å². The van der Waals surface area contributed by atoms with Gasteiger partial charge in [0.05, 0.1) is 0 Å². The van der Waals surface area contributed by atoms with Crippen LogP contribution in [0, 0.1) is 13.8 Å². The molecule has 6 heteroatoms. The van der Waals surface area contributed by atoms with Gasteiger partial charge in [0.1, 0.15) is 0 Å². The average molecular weight is 1020 g/mol. The number of rotatable bonds is 3. The molecule has 0 fully saturated rings. The summed E-state index contributed by atoms with van der Waals surface area (Å²) in [5.41, 5.74) is 13.7. The molecular weight excluding hydrogens is 984 g/mol. The molecule has 2 aromatic heterocycles. The van der Waals surface area contributed by atoms with E-state index in [1.165, 1.54) is 48.3 Å². The monoisotopic (exact) mass is 1020 g/mol. The van der Waals surface area contributed by atoms with Crippen molar-refractivity contribution in [2.45, 2.75) is 13.8 Å². The Hall–Kier alpha value is -7.40. The van der Waals surface area contributed by atoms with Crippen molar-refractivity contribution in [2.75, 3.05) is 4.90 Å². The molecule has 300 valence electrons. The van der Waals surface area contributed by atoms with Crippen LogP contribution in [0.15, 0.2) is 179 Å². The molecular formula is C58H34BiNO4. The van der Waals surface area contributed by atoms with Gasteiger partial charge >= 0.3 is 377 Å². The third-order valence-corrected chi connectivity index (χ3v) is 23.9. The fourth-order valence-electron chi connectivity index (χ4n) is 10.6. The Morgan fingerprint density at radius 2 is 0.859 bits per heavy atom. The zero-order chi connectivity index (χ0) is 41.9. The normalized spacial score (nSPS) is 13.6. The number of aryl methyl sites for hydroxylation is 2. The standard InChI is InChI=1S/C58H34NO4.Bi/c1-34-11-15-42(16-12-34)59-43-17-19-47(40-13-21-53-49(27-40)51-25-36-7-3-5-9-38(36)29-55(51)62-53)57(31-43)60-45-23-35(2)24-46(33-45)61-58-32-44(59)18-20-48(58)41-14-22-54-50(28-41)52-26-37-8-4-6-10-39(37)30-56(52)63-54;/h3-30H,1-2H3;. The molecule has 15 rings (SSSR count). The number of nitrogens with zero attached hydrogens (tertiary/aromatic N) is 1. The van der Waals surface area contributed by atoms with E-state index in [0.29, 0.717) is 0 Å². The van der Waals surface area contributed by atoms with Gasteiger partial charge in [0, 0.05) is 0 Å². The molecule has 0 aliphatic carbocycles. The van der Waals surface area contributed by atoms with Crippen molar-refractivity contribution in [1.82, 2.24) is 0 Å². The van der Waals surface area contributed by atoms with Crippen LogP contribution in [-0.4, -0.2) is 21.8 Å². The SMILES string of the molecule is Cc1ccc(N2c3ccc(-c4ccc5oc6cc7ccccc7cc6c5c4)c4[c]3[Bi]3[c]5c(cc(C)cc5Oc5c(-c6ccc7oc8cc9ccccc9cc8c7c6)ccc2[c]53)O4)cc1. The van der Waals surface area contributed by atoms with E-state index < -0.39 is 21.8 Å². The number of ether oxygens (including phenoxy) is 2. The summed E-state index contributed by atoms with van der Waals surface area (Å²) >= 11 is -3.25. The number of benzene rings is 10. The van der Waals surface area contributed by atoms with Gasteiger partial charge in [-0.1, -0.05) is 0 Å². The molecule has 0 radical (unpaired) electrons. The van der Waals surface area contributed by atoms with Gasteiger partial charge in [-0.25, -0.2) is 0 Å². The van der Waals surface area contributed by atoms with Crippen LogP contribution >= 0.6 is 0 Å². The quantitative estimate of drug-likeness (QED) is 0.165. The molecule has 0 atom stereocenters. The summed E-state index contributed by atoms with van der Waals surface area (Å²) < 4.78 is 31.5. The van der Waals surface area contributed by atoms with E-state index in [-0.39, 0.29) is 0 Å². The van der Waals surface area contributed by atoms with E-state index in [4.69, 9.17) is 18.3 Å². The second kappa shape index (κ2) is 12.6. The first-order chi connectivity index (χ1) is 31.5. The third-order valence-electron chi connectivity index (χ3n) is 13.6. The van der Waals surface area contributed by atoms with Gasteiger partial charge in [-0.3, -0.25) is 0 Å². The first-order valence-electron chi connectivity index (χ1n) is 21.7.